The van der Waals surface area contributed by atoms with Crippen LogP contribution in [0.15, 0.2) is 28.7 Å². The van der Waals surface area contributed by atoms with Crippen molar-refractivity contribution in [3.8, 4) is 0 Å². The number of hydrogen-bond acceptors (Lipinski definition) is 2. The number of alkyl halides is 3. The third-order valence-corrected chi connectivity index (χ3v) is 4.12. The van der Waals surface area contributed by atoms with Crippen LogP contribution in [0, 0.1) is 0 Å². The monoisotopic (exact) mass is 283 g/mol. The molecule has 5 heteroatoms. The Morgan fingerprint density at radius 2 is 1.75 bits per heavy atom. The molecule has 1 aliphatic rings. The summed E-state index contributed by atoms with van der Waals surface area (Å²) in [6, 6.07) is 6.16. The molecule has 1 heterocycles. The average Bonchev–Trinajstić information content (AvgIpc) is 2.82. The Morgan fingerprint density at radius 3 is 2.40 bits per heavy atom. The molecule has 1 aromatic carbocycles. The molecule has 0 radical (unpaired) electrons. The van der Waals surface area contributed by atoms with Gasteiger partial charge in [0.1, 0.15) is 5.58 Å². The van der Waals surface area contributed by atoms with Gasteiger partial charge in [-0.25, -0.2) is 0 Å². The van der Waals surface area contributed by atoms with E-state index in [1.165, 1.54) is 6.42 Å². The quantitative estimate of drug-likeness (QED) is 0.832. The molecular formula is C15H16F3NO. The molecule has 108 valence electrons. The summed E-state index contributed by atoms with van der Waals surface area (Å²) in [5, 5.41) is 0.463. The van der Waals surface area contributed by atoms with E-state index in [0.29, 0.717) is 5.39 Å². The smallest absolute Gasteiger partial charge is 0.449 e. The van der Waals surface area contributed by atoms with Crippen molar-refractivity contribution in [1.82, 2.24) is 0 Å². The van der Waals surface area contributed by atoms with E-state index in [9.17, 15) is 13.2 Å². The average molecular weight is 283 g/mol. The highest BCUT2D eigenvalue weighted by molar-refractivity contribution is 5.79. The van der Waals surface area contributed by atoms with E-state index in [0.717, 1.165) is 37.3 Å². The molecule has 1 aromatic heterocycles. The second-order valence-corrected chi connectivity index (χ2v) is 5.58. The number of halogens is 3. The van der Waals surface area contributed by atoms with Gasteiger partial charge < -0.3 is 10.2 Å². The van der Waals surface area contributed by atoms with E-state index < -0.39 is 17.5 Å². The van der Waals surface area contributed by atoms with Gasteiger partial charge in [0.25, 0.3) is 0 Å². The SMILES string of the molecule is NC1(c2ccc3oc(C(F)(F)F)cc3c2)CCCCC1. The Bertz CT molecular complexity index is 624. The van der Waals surface area contributed by atoms with Crippen LogP contribution in [-0.4, -0.2) is 0 Å². The fraction of sp³-hybridized carbons (Fsp3) is 0.467. The Balaban J connectivity index is 2.02. The van der Waals surface area contributed by atoms with E-state index in [-0.39, 0.29) is 5.58 Å². The minimum absolute atomic E-state index is 0.250. The van der Waals surface area contributed by atoms with E-state index in [2.05, 4.69) is 0 Å². The lowest BCUT2D eigenvalue weighted by atomic mass is 9.77. The lowest BCUT2D eigenvalue weighted by molar-refractivity contribution is -0.152. The lowest BCUT2D eigenvalue weighted by Crippen LogP contribution is -2.38. The maximum absolute atomic E-state index is 12.6. The predicted octanol–water partition coefficient (Wildman–Crippen LogP) is 4.57. The van der Waals surface area contributed by atoms with Crippen LogP contribution < -0.4 is 5.73 Å². The van der Waals surface area contributed by atoms with Crippen LogP contribution in [-0.2, 0) is 11.7 Å². The zero-order valence-corrected chi connectivity index (χ0v) is 11.0. The van der Waals surface area contributed by atoms with Gasteiger partial charge in [0.15, 0.2) is 0 Å². The van der Waals surface area contributed by atoms with Gasteiger partial charge in [0.2, 0.25) is 5.76 Å². The standard InChI is InChI=1S/C15H16F3NO/c16-15(17,18)13-9-10-8-11(4-5-12(10)20-13)14(19)6-2-1-3-7-14/h4-5,8-9H,1-3,6-7,19H2. The number of nitrogens with two attached hydrogens (primary N) is 1. The van der Waals surface area contributed by atoms with Crippen LogP contribution in [0.5, 0.6) is 0 Å². The summed E-state index contributed by atoms with van der Waals surface area (Å²) >= 11 is 0. The van der Waals surface area contributed by atoms with E-state index in [4.69, 9.17) is 10.2 Å². The van der Waals surface area contributed by atoms with Gasteiger partial charge in [-0.3, -0.25) is 0 Å². The molecule has 1 saturated carbocycles. The topological polar surface area (TPSA) is 39.2 Å². The first kappa shape index (κ1) is 13.5. The molecule has 20 heavy (non-hydrogen) atoms. The van der Waals surface area contributed by atoms with Crippen molar-refractivity contribution >= 4 is 11.0 Å². The highest BCUT2D eigenvalue weighted by atomic mass is 19.4. The molecule has 2 aromatic rings. The summed E-state index contributed by atoms with van der Waals surface area (Å²) in [6.07, 6.45) is 0.599. The fourth-order valence-corrected chi connectivity index (χ4v) is 2.96. The van der Waals surface area contributed by atoms with Crippen LogP contribution in [0.2, 0.25) is 0 Å². The van der Waals surface area contributed by atoms with Crippen LogP contribution in [0.25, 0.3) is 11.0 Å². The van der Waals surface area contributed by atoms with Gasteiger partial charge in [-0.15, -0.1) is 0 Å². The van der Waals surface area contributed by atoms with Gasteiger partial charge in [-0.1, -0.05) is 25.3 Å². The molecule has 2 N–H and O–H groups in total. The fourth-order valence-electron chi connectivity index (χ4n) is 2.96. The number of fused-ring (bicyclic) bond motifs is 1. The van der Waals surface area contributed by atoms with Crippen LogP contribution in [0.4, 0.5) is 13.2 Å². The molecule has 0 bridgehead atoms. The molecular weight excluding hydrogens is 267 g/mol. The summed E-state index contributed by atoms with van der Waals surface area (Å²) in [5.41, 5.74) is 7.15. The van der Waals surface area contributed by atoms with Crippen molar-refractivity contribution in [2.24, 2.45) is 5.73 Å². The van der Waals surface area contributed by atoms with Crippen molar-refractivity contribution in [2.75, 3.05) is 0 Å². The summed E-state index contributed by atoms with van der Waals surface area (Å²) in [4.78, 5) is 0. The van der Waals surface area contributed by atoms with E-state index in [1.807, 2.05) is 0 Å². The number of benzene rings is 1. The maximum atomic E-state index is 12.6. The van der Waals surface area contributed by atoms with Crippen molar-refractivity contribution in [2.45, 2.75) is 43.8 Å². The van der Waals surface area contributed by atoms with Gasteiger partial charge in [0.05, 0.1) is 0 Å². The highest BCUT2D eigenvalue weighted by Gasteiger charge is 2.35. The largest absolute Gasteiger partial charge is 0.452 e. The molecule has 3 rings (SSSR count). The Morgan fingerprint density at radius 1 is 1.05 bits per heavy atom. The van der Waals surface area contributed by atoms with Gasteiger partial charge in [-0.2, -0.15) is 13.2 Å². The second kappa shape index (κ2) is 4.52. The van der Waals surface area contributed by atoms with E-state index >= 15 is 0 Å². The number of hydrogen-bond donors (Lipinski definition) is 1. The molecule has 1 fully saturated rings. The van der Waals surface area contributed by atoms with Crippen LogP contribution in [0.1, 0.15) is 43.4 Å². The minimum Gasteiger partial charge on any atom is -0.452 e. The Labute approximate surface area is 114 Å². The molecule has 0 saturated heterocycles. The van der Waals surface area contributed by atoms with Crippen LogP contribution >= 0.6 is 0 Å². The second-order valence-electron chi connectivity index (χ2n) is 5.58. The zero-order chi connectivity index (χ0) is 14.4. The number of rotatable bonds is 1. The molecule has 2 nitrogen and oxygen atoms in total. The summed E-state index contributed by atoms with van der Waals surface area (Å²) in [6.45, 7) is 0. The summed E-state index contributed by atoms with van der Waals surface area (Å²) in [5.74, 6) is -0.959. The molecule has 0 atom stereocenters. The molecule has 0 aliphatic heterocycles. The van der Waals surface area contributed by atoms with Crippen molar-refractivity contribution in [1.29, 1.82) is 0 Å². The molecule has 1 aliphatic carbocycles. The third-order valence-electron chi connectivity index (χ3n) is 4.12. The summed E-state index contributed by atoms with van der Waals surface area (Å²) in [7, 11) is 0. The first-order chi connectivity index (χ1) is 9.38. The van der Waals surface area contributed by atoms with Gasteiger partial charge in [-0.05, 0) is 36.6 Å². The molecule has 0 spiro atoms. The van der Waals surface area contributed by atoms with Crippen molar-refractivity contribution in [3.63, 3.8) is 0 Å². The van der Waals surface area contributed by atoms with Crippen LogP contribution in [0.3, 0.4) is 0 Å². The van der Waals surface area contributed by atoms with Crippen molar-refractivity contribution < 1.29 is 17.6 Å². The first-order valence-electron chi connectivity index (χ1n) is 6.79. The van der Waals surface area contributed by atoms with E-state index in [1.54, 1.807) is 18.2 Å². The Kier molecular flexibility index (Phi) is 3.05. The maximum Gasteiger partial charge on any atom is 0.449 e. The first-order valence-corrected chi connectivity index (χ1v) is 6.79. The van der Waals surface area contributed by atoms with Gasteiger partial charge >= 0.3 is 6.18 Å². The summed E-state index contributed by atoms with van der Waals surface area (Å²) < 4.78 is 42.8. The third kappa shape index (κ3) is 2.30. The zero-order valence-electron chi connectivity index (χ0n) is 11.0. The van der Waals surface area contributed by atoms with Crippen molar-refractivity contribution in [3.05, 3.63) is 35.6 Å². The highest BCUT2D eigenvalue weighted by Crippen LogP contribution is 2.38. The number of furan rings is 1. The van der Waals surface area contributed by atoms with Gasteiger partial charge in [0, 0.05) is 10.9 Å². The molecule has 0 amide bonds. The lowest BCUT2D eigenvalue weighted by Gasteiger charge is -2.34. The normalized spacial score (nSPS) is 19.4. The Hall–Kier alpha value is -1.49. The predicted molar refractivity (Wildman–Crippen MR) is 70.2 cm³/mol. The molecule has 0 unspecified atom stereocenters. The minimum atomic E-state index is -4.45.